The van der Waals surface area contributed by atoms with E-state index < -0.39 is 17.6 Å². The molecule has 0 aliphatic carbocycles. The number of hydrogen-bond donors (Lipinski definition) is 1. The van der Waals surface area contributed by atoms with Crippen LogP contribution < -0.4 is 19.7 Å². The molecule has 0 fully saturated rings. The van der Waals surface area contributed by atoms with Crippen LogP contribution in [0.1, 0.15) is 43.9 Å². The summed E-state index contributed by atoms with van der Waals surface area (Å²) >= 11 is 6.64. The predicted octanol–water partition coefficient (Wildman–Crippen LogP) is 5.68. The van der Waals surface area contributed by atoms with Gasteiger partial charge in [-0.15, -0.1) is 0 Å². The molecule has 2 amide bonds. The van der Waals surface area contributed by atoms with E-state index in [1.54, 1.807) is 49.4 Å². The average Bonchev–Trinajstić information content (AvgIpc) is 3.30. The molecule has 0 saturated carbocycles. The summed E-state index contributed by atoms with van der Waals surface area (Å²) < 4.78 is 18.4. The van der Waals surface area contributed by atoms with Crippen LogP contribution in [-0.2, 0) is 4.74 Å². The van der Waals surface area contributed by atoms with Crippen molar-refractivity contribution in [2.45, 2.75) is 40.2 Å². The second kappa shape index (κ2) is 10.4. The quantitative estimate of drug-likeness (QED) is 0.335. The summed E-state index contributed by atoms with van der Waals surface area (Å²) in [7, 11) is 3.03. The molecule has 0 aliphatic heterocycles. The lowest BCUT2D eigenvalue weighted by atomic mass is 10.1. The van der Waals surface area contributed by atoms with E-state index in [9.17, 15) is 9.59 Å². The fraction of sp³-hybridized carbons (Fsp3) is 0.333. The number of benzene rings is 2. The zero-order valence-electron chi connectivity index (χ0n) is 22.4. The molecule has 2 heterocycles. The molecule has 0 aliphatic rings. The van der Waals surface area contributed by atoms with Gasteiger partial charge < -0.3 is 19.5 Å². The van der Waals surface area contributed by atoms with E-state index in [4.69, 9.17) is 30.8 Å². The van der Waals surface area contributed by atoms with Crippen molar-refractivity contribution in [2.75, 3.05) is 25.7 Å². The lowest BCUT2D eigenvalue weighted by Crippen LogP contribution is -2.35. The second-order valence-corrected chi connectivity index (χ2v) is 9.92. The maximum atomic E-state index is 13.8. The number of para-hydroxylation sites is 1. The van der Waals surface area contributed by atoms with Crippen LogP contribution in [0.15, 0.2) is 36.5 Å². The Labute approximate surface area is 225 Å². The Morgan fingerprint density at radius 1 is 1.11 bits per heavy atom. The molecule has 4 rings (SSSR count). The third-order valence-corrected chi connectivity index (χ3v) is 5.98. The summed E-state index contributed by atoms with van der Waals surface area (Å²) in [6, 6.07) is 8.69. The van der Waals surface area contributed by atoms with Crippen molar-refractivity contribution in [3.8, 4) is 11.5 Å². The Balaban J connectivity index is 2.14. The third kappa shape index (κ3) is 4.91. The predicted molar refractivity (Wildman–Crippen MR) is 146 cm³/mol. The number of hydrogen-bond acceptors (Lipinski definition) is 7. The van der Waals surface area contributed by atoms with Crippen LogP contribution in [0.25, 0.3) is 16.6 Å². The Morgan fingerprint density at radius 2 is 1.79 bits per heavy atom. The number of anilines is 2. The van der Waals surface area contributed by atoms with E-state index in [1.807, 2.05) is 19.9 Å². The molecule has 2 aromatic heterocycles. The first-order valence-electron chi connectivity index (χ1n) is 12.0. The minimum absolute atomic E-state index is 0.114. The Hall–Kier alpha value is -4.05. The van der Waals surface area contributed by atoms with Crippen LogP contribution in [0.2, 0.25) is 5.02 Å². The molecule has 0 saturated heterocycles. The molecule has 0 spiro atoms. The largest absolute Gasteiger partial charge is 0.493 e. The van der Waals surface area contributed by atoms with Gasteiger partial charge in [-0.3, -0.25) is 9.20 Å². The van der Waals surface area contributed by atoms with Gasteiger partial charge in [-0.25, -0.2) is 19.7 Å². The lowest BCUT2D eigenvalue weighted by Gasteiger charge is -2.29. The van der Waals surface area contributed by atoms with E-state index in [0.29, 0.717) is 45.3 Å². The summed E-state index contributed by atoms with van der Waals surface area (Å²) in [5, 5.41) is 3.11. The SMILES string of the molecule is CCNC(=O)c1ncc2c(N(C(=O)OC(C)(C)C)c3c(C)cccc3Cl)nc3cc(OC)c(OC)cc3n12. The van der Waals surface area contributed by atoms with E-state index in [0.717, 1.165) is 5.56 Å². The highest BCUT2D eigenvalue weighted by molar-refractivity contribution is 6.34. The van der Waals surface area contributed by atoms with Crippen molar-refractivity contribution in [1.29, 1.82) is 0 Å². The fourth-order valence-electron chi connectivity index (χ4n) is 4.11. The summed E-state index contributed by atoms with van der Waals surface area (Å²) in [6.07, 6.45) is 0.802. The zero-order chi connectivity index (χ0) is 27.8. The van der Waals surface area contributed by atoms with Gasteiger partial charge in [-0.1, -0.05) is 23.7 Å². The molecule has 4 aromatic rings. The van der Waals surface area contributed by atoms with Crippen molar-refractivity contribution in [3.63, 3.8) is 0 Å². The number of fused-ring (bicyclic) bond motifs is 3. The van der Waals surface area contributed by atoms with Crippen LogP contribution in [0, 0.1) is 6.92 Å². The number of nitrogens with one attached hydrogen (secondary N) is 1. The molecular weight excluding hydrogens is 510 g/mol. The maximum Gasteiger partial charge on any atom is 0.420 e. The lowest BCUT2D eigenvalue weighted by molar-refractivity contribution is 0.0598. The van der Waals surface area contributed by atoms with Gasteiger partial charge >= 0.3 is 6.09 Å². The van der Waals surface area contributed by atoms with Gasteiger partial charge in [-0.05, 0) is 46.2 Å². The molecule has 10 nitrogen and oxygen atoms in total. The van der Waals surface area contributed by atoms with Crippen molar-refractivity contribution in [3.05, 3.63) is 52.9 Å². The number of aryl methyl sites for hydroxylation is 1. The van der Waals surface area contributed by atoms with Gasteiger partial charge in [0.15, 0.2) is 17.3 Å². The smallest absolute Gasteiger partial charge is 0.420 e. The highest BCUT2D eigenvalue weighted by atomic mass is 35.5. The second-order valence-electron chi connectivity index (χ2n) is 9.51. The Kier molecular flexibility index (Phi) is 7.37. The van der Waals surface area contributed by atoms with Gasteiger partial charge in [0.05, 0.1) is 42.2 Å². The molecule has 0 atom stereocenters. The molecule has 0 unspecified atom stereocenters. The van der Waals surface area contributed by atoms with Crippen molar-refractivity contribution < 1.29 is 23.8 Å². The summed E-state index contributed by atoms with van der Waals surface area (Å²) in [5.74, 6) is 0.770. The van der Waals surface area contributed by atoms with Gasteiger partial charge in [-0.2, -0.15) is 0 Å². The molecule has 0 radical (unpaired) electrons. The normalized spacial score (nSPS) is 11.5. The monoisotopic (exact) mass is 539 g/mol. The van der Waals surface area contributed by atoms with Crippen LogP contribution in [0.4, 0.5) is 16.3 Å². The minimum Gasteiger partial charge on any atom is -0.493 e. The fourth-order valence-corrected chi connectivity index (χ4v) is 4.42. The summed E-state index contributed by atoms with van der Waals surface area (Å²) in [6.45, 7) is 9.38. The average molecular weight is 540 g/mol. The highest BCUT2D eigenvalue weighted by Crippen LogP contribution is 2.40. The molecule has 0 bridgehead atoms. The van der Waals surface area contributed by atoms with Gasteiger partial charge in [0, 0.05) is 18.7 Å². The Bertz CT molecular complexity index is 1520. The first-order chi connectivity index (χ1) is 18.0. The van der Waals surface area contributed by atoms with Crippen molar-refractivity contribution in [1.82, 2.24) is 19.7 Å². The highest BCUT2D eigenvalue weighted by Gasteiger charge is 2.32. The number of nitrogens with zero attached hydrogens (tertiary/aromatic N) is 4. The van der Waals surface area contributed by atoms with Crippen LogP contribution >= 0.6 is 11.6 Å². The standard InChI is InChI=1S/C27H30ClN5O5/c1-8-29-25(34)24-30-14-19-23(31-17-12-20(36-6)21(37-7)13-18(17)32(19)24)33(26(35)38-27(3,4)5)22-15(2)10-9-11-16(22)28/h9-14H,8H2,1-7H3,(H,29,34). The van der Waals surface area contributed by atoms with Crippen molar-refractivity contribution >= 4 is 51.7 Å². The number of methoxy groups -OCH3 is 2. The Morgan fingerprint density at radius 3 is 2.39 bits per heavy atom. The third-order valence-electron chi connectivity index (χ3n) is 5.68. The van der Waals surface area contributed by atoms with Crippen LogP contribution in [0.3, 0.4) is 0 Å². The van der Waals surface area contributed by atoms with Crippen molar-refractivity contribution in [2.24, 2.45) is 0 Å². The van der Waals surface area contributed by atoms with Crippen LogP contribution in [0.5, 0.6) is 11.5 Å². The number of ether oxygens (including phenoxy) is 3. The maximum absolute atomic E-state index is 13.8. The number of halogens is 1. The first-order valence-corrected chi connectivity index (χ1v) is 12.4. The van der Waals surface area contributed by atoms with Crippen LogP contribution in [-0.4, -0.2) is 52.7 Å². The van der Waals surface area contributed by atoms with E-state index in [1.165, 1.54) is 25.3 Å². The molecular formula is C27H30ClN5O5. The number of rotatable bonds is 6. The number of amides is 2. The molecule has 2 aromatic carbocycles. The summed E-state index contributed by atoms with van der Waals surface area (Å²) in [5.41, 5.74) is 1.65. The molecule has 38 heavy (non-hydrogen) atoms. The molecule has 11 heteroatoms. The molecule has 1 N–H and O–H groups in total. The number of imidazole rings is 1. The zero-order valence-corrected chi connectivity index (χ0v) is 23.1. The van der Waals surface area contributed by atoms with Gasteiger partial charge in [0.1, 0.15) is 11.1 Å². The first kappa shape index (κ1) is 27.0. The summed E-state index contributed by atoms with van der Waals surface area (Å²) in [4.78, 5) is 37.4. The van der Waals surface area contributed by atoms with E-state index in [2.05, 4.69) is 10.3 Å². The number of carbonyl (C=O) groups excluding carboxylic acids is 2. The van der Waals surface area contributed by atoms with Gasteiger partial charge in [0.25, 0.3) is 5.91 Å². The molecule has 200 valence electrons. The number of carbonyl (C=O) groups is 2. The van der Waals surface area contributed by atoms with E-state index in [-0.39, 0.29) is 11.6 Å². The van der Waals surface area contributed by atoms with E-state index >= 15 is 0 Å². The topological polar surface area (TPSA) is 107 Å². The number of aromatic nitrogens is 3. The minimum atomic E-state index is -0.805. The van der Waals surface area contributed by atoms with Gasteiger partial charge in [0.2, 0.25) is 5.82 Å².